The number of carbonyl (C=O) groups is 1. The fourth-order valence-electron chi connectivity index (χ4n) is 1.84. The predicted molar refractivity (Wildman–Crippen MR) is 80.9 cm³/mol. The van der Waals surface area contributed by atoms with Crippen molar-refractivity contribution in [2.75, 3.05) is 7.05 Å². The lowest BCUT2D eigenvalue weighted by atomic mass is 10.1. The van der Waals surface area contributed by atoms with E-state index in [-0.39, 0.29) is 5.56 Å². The Labute approximate surface area is 127 Å². The van der Waals surface area contributed by atoms with Gasteiger partial charge in [-0.1, -0.05) is 29.8 Å². The molecule has 0 atom stereocenters. The highest BCUT2D eigenvalue weighted by Gasteiger charge is 2.17. The largest absolute Gasteiger partial charge is 0.337 e. The number of halogens is 2. The fraction of sp³-hybridized carbons (Fsp3) is 0.133. The van der Waals surface area contributed by atoms with Crippen LogP contribution in [0.4, 0.5) is 4.39 Å². The molecule has 0 bridgehead atoms. The van der Waals surface area contributed by atoms with Crippen molar-refractivity contribution in [1.82, 2.24) is 4.90 Å². The molecule has 0 radical (unpaired) electrons. The lowest BCUT2D eigenvalue weighted by molar-refractivity contribution is 0.0780. The van der Waals surface area contributed by atoms with Crippen molar-refractivity contribution in [1.29, 1.82) is 0 Å². The van der Waals surface area contributed by atoms with Crippen molar-refractivity contribution in [3.63, 3.8) is 0 Å². The molecule has 0 aliphatic heterocycles. The highest BCUT2D eigenvalue weighted by atomic mass is 35.5. The molecular formula is C15H13ClFNOS. The van der Waals surface area contributed by atoms with Gasteiger partial charge in [-0.05, 0) is 29.8 Å². The van der Waals surface area contributed by atoms with Crippen molar-refractivity contribution >= 4 is 30.1 Å². The Morgan fingerprint density at radius 1 is 1.30 bits per heavy atom. The van der Waals surface area contributed by atoms with Crippen molar-refractivity contribution in [2.45, 2.75) is 11.4 Å². The maximum absolute atomic E-state index is 13.7. The van der Waals surface area contributed by atoms with Crippen LogP contribution < -0.4 is 0 Å². The van der Waals surface area contributed by atoms with E-state index in [1.807, 2.05) is 18.2 Å². The molecule has 2 nitrogen and oxygen atoms in total. The number of rotatable bonds is 3. The summed E-state index contributed by atoms with van der Waals surface area (Å²) in [6, 6.07) is 11.4. The standard InChI is InChI=1S/C15H13ClFNOS/c1-18(9-10-4-2-3-5-13(10)16)15(19)12-8-11(20)6-7-14(12)17/h2-8,20H,9H2,1H3. The SMILES string of the molecule is CN(Cc1ccccc1Cl)C(=O)c1cc(S)ccc1F. The quantitative estimate of drug-likeness (QED) is 0.848. The van der Waals surface area contributed by atoms with Gasteiger partial charge in [-0.15, -0.1) is 12.6 Å². The first-order valence-electron chi connectivity index (χ1n) is 5.96. The number of nitrogens with zero attached hydrogens (tertiary/aromatic N) is 1. The third kappa shape index (κ3) is 3.32. The van der Waals surface area contributed by atoms with E-state index in [0.717, 1.165) is 5.56 Å². The van der Waals surface area contributed by atoms with Crippen molar-refractivity contribution in [3.8, 4) is 0 Å². The Bertz CT molecular complexity index is 648. The summed E-state index contributed by atoms with van der Waals surface area (Å²) in [5.41, 5.74) is 0.819. The zero-order valence-electron chi connectivity index (χ0n) is 10.8. The van der Waals surface area contributed by atoms with E-state index in [1.54, 1.807) is 13.1 Å². The number of carbonyl (C=O) groups excluding carboxylic acids is 1. The molecule has 20 heavy (non-hydrogen) atoms. The van der Waals surface area contributed by atoms with Gasteiger partial charge in [0, 0.05) is 23.5 Å². The Morgan fingerprint density at radius 3 is 2.70 bits per heavy atom. The summed E-state index contributed by atoms with van der Waals surface area (Å²) in [5.74, 6) is -0.961. The topological polar surface area (TPSA) is 20.3 Å². The number of hydrogen-bond donors (Lipinski definition) is 1. The third-order valence-electron chi connectivity index (χ3n) is 2.89. The molecule has 104 valence electrons. The highest BCUT2D eigenvalue weighted by Crippen LogP contribution is 2.19. The summed E-state index contributed by atoms with van der Waals surface area (Å²) < 4.78 is 13.7. The van der Waals surface area contributed by atoms with E-state index in [9.17, 15) is 9.18 Å². The van der Waals surface area contributed by atoms with Crippen LogP contribution in [0.1, 0.15) is 15.9 Å². The molecule has 0 saturated heterocycles. The first-order chi connectivity index (χ1) is 9.49. The van der Waals surface area contributed by atoms with Crippen LogP contribution in [0, 0.1) is 5.82 Å². The molecule has 1 amide bonds. The minimum Gasteiger partial charge on any atom is -0.337 e. The van der Waals surface area contributed by atoms with Gasteiger partial charge in [0.05, 0.1) is 5.56 Å². The number of thiol groups is 1. The third-order valence-corrected chi connectivity index (χ3v) is 3.54. The van der Waals surface area contributed by atoms with Crippen molar-refractivity contribution < 1.29 is 9.18 Å². The maximum atomic E-state index is 13.7. The van der Waals surface area contributed by atoms with Gasteiger partial charge in [0.1, 0.15) is 5.82 Å². The molecule has 0 spiro atoms. The average Bonchev–Trinajstić information content (AvgIpc) is 2.43. The molecule has 0 N–H and O–H groups in total. The second-order valence-electron chi connectivity index (χ2n) is 4.42. The molecule has 2 aromatic carbocycles. The second-order valence-corrected chi connectivity index (χ2v) is 5.34. The number of hydrogen-bond acceptors (Lipinski definition) is 2. The Morgan fingerprint density at radius 2 is 2.00 bits per heavy atom. The summed E-state index contributed by atoms with van der Waals surface area (Å²) >= 11 is 10.2. The van der Waals surface area contributed by atoms with Gasteiger partial charge < -0.3 is 4.90 Å². The summed E-state index contributed by atoms with van der Waals surface area (Å²) in [6.07, 6.45) is 0. The van der Waals surface area contributed by atoms with Crippen LogP contribution in [-0.2, 0) is 6.54 Å². The van der Waals surface area contributed by atoms with Gasteiger partial charge in [-0.2, -0.15) is 0 Å². The first-order valence-corrected chi connectivity index (χ1v) is 6.79. The first kappa shape index (κ1) is 14.9. The van der Waals surface area contributed by atoms with E-state index in [1.165, 1.54) is 23.1 Å². The lowest BCUT2D eigenvalue weighted by Crippen LogP contribution is -2.27. The summed E-state index contributed by atoms with van der Waals surface area (Å²) in [7, 11) is 1.61. The predicted octanol–water partition coefficient (Wildman–Crippen LogP) is 4.04. The van der Waals surface area contributed by atoms with E-state index >= 15 is 0 Å². The van der Waals surface area contributed by atoms with Gasteiger partial charge >= 0.3 is 0 Å². The summed E-state index contributed by atoms with van der Waals surface area (Å²) in [4.78, 5) is 14.2. The van der Waals surface area contributed by atoms with Crippen LogP contribution in [0.3, 0.4) is 0 Å². The highest BCUT2D eigenvalue weighted by molar-refractivity contribution is 7.80. The molecule has 0 heterocycles. The molecule has 0 aliphatic rings. The minimum atomic E-state index is -0.557. The minimum absolute atomic E-state index is 0.00653. The molecule has 0 fully saturated rings. The second kappa shape index (κ2) is 6.29. The molecule has 0 saturated carbocycles. The van der Waals surface area contributed by atoms with E-state index in [0.29, 0.717) is 16.5 Å². The van der Waals surface area contributed by atoms with E-state index in [4.69, 9.17) is 11.6 Å². The van der Waals surface area contributed by atoms with Crippen LogP contribution in [0.5, 0.6) is 0 Å². The normalized spacial score (nSPS) is 10.4. The molecule has 0 aliphatic carbocycles. The monoisotopic (exact) mass is 309 g/mol. The molecule has 2 rings (SSSR count). The van der Waals surface area contributed by atoms with Crippen LogP contribution >= 0.6 is 24.2 Å². The lowest BCUT2D eigenvalue weighted by Gasteiger charge is -2.18. The molecular weight excluding hydrogens is 297 g/mol. The number of amides is 1. The number of benzene rings is 2. The zero-order valence-corrected chi connectivity index (χ0v) is 12.5. The van der Waals surface area contributed by atoms with Crippen LogP contribution in [0.15, 0.2) is 47.4 Å². The zero-order chi connectivity index (χ0) is 14.7. The molecule has 0 aromatic heterocycles. The maximum Gasteiger partial charge on any atom is 0.256 e. The Kier molecular flexibility index (Phi) is 4.68. The van der Waals surface area contributed by atoms with Gasteiger partial charge in [-0.25, -0.2) is 4.39 Å². The molecule has 5 heteroatoms. The van der Waals surface area contributed by atoms with Crippen LogP contribution in [0.2, 0.25) is 5.02 Å². The summed E-state index contributed by atoms with van der Waals surface area (Å²) in [6.45, 7) is 0.314. The Hall–Kier alpha value is -1.52. The van der Waals surface area contributed by atoms with Gasteiger partial charge in [0.15, 0.2) is 0 Å². The van der Waals surface area contributed by atoms with Gasteiger partial charge in [-0.3, -0.25) is 4.79 Å². The van der Waals surface area contributed by atoms with Gasteiger partial charge in [0.25, 0.3) is 5.91 Å². The van der Waals surface area contributed by atoms with E-state index < -0.39 is 11.7 Å². The smallest absolute Gasteiger partial charge is 0.256 e. The van der Waals surface area contributed by atoms with Gasteiger partial charge in [0.2, 0.25) is 0 Å². The van der Waals surface area contributed by atoms with Crippen LogP contribution in [-0.4, -0.2) is 17.9 Å². The average molecular weight is 310 g/mol. The van der Waals surface area contributed by atoms with Crippen molar-refractivity contribution in [2.24, 2.45) is 0 Å². The van der Waals surface area contributed by atoms with Crippen LogP contribution in [0.25, 0.3) is 0 Å². The Balaban J connectivity index is 2.21. The van der Waals surface area contributed by atoms with E-state index in [2.05, 4.69) is 12.6 Å². The molecule has 2 aromatic rings. The fourth-order valence-corrected chi connectivity index (χ4v) is 2.24. The summed E-state index contributed by atoms with van der Waals surface area (Å²) in [5, 5.41) is 0.579. The molecule has 0 unspecified atom stereocenters. The van der Waals surface area contributed by atoms with Crippen molar-refractivity contribution in [3.05, 3.63) is 64.4 Å².